The first kappa shape index (κ1) is 18.5. The van der Waals surface area contributed by atoms with Gasteiger partial charge >= 0.3 is 0 Å². The predicted molar refractivity (Wildman–Crippen MR) is 112 cm³/mol. The predicted octanol–water partition coefficient (Wildman–Crippen LogP) is 1.83. The molecule has 1 atom stereocenters. The van der Waals surface area contributed by atoms with E-state index in [0.717, 1.165) is 81.1 Å². The number of hydrogen-bond acceptors (Lipinski definition) is 7. The zero-order valence-corrected chi connectivity index (χ0v) is 16.5. The Morgan fingerprint density at radius 3 is 2.72 bits per heavy atom. The summed E-state index contributed by atoms with van der Waals surface area (Å²) in [6.45, 7) is 6.51. The fourth-order valence-electron chi connectivity index (χ4n) is 4.28. The molecule has 1 unspecified atom stereocenters. The summed E-state index contributed by atoms with van der Waals surface area (Å²) in [5.41, 5.74) is 10.3. The number of hydrogen-bond donors (Lipinski definition) is 2. The van der Waals surface area contributed by atoms with Crippen LogP contribution in [0.15, 0.2) is 30.6 Å². The molecule has 0 saturated carbocycles. The highest BCUT2D eigenvalue weighted by atomic mass is 16.5. The van der Waals surface area contributed by atoms with Crippen LogP contribution in [-0.2, 0) is 11.3 Å². The van der Waals surface area contributed by atoms with Gasteiger partial charge in [0.25, 0.3) is 0 Å². The Bertz CT molecular complexity index is 973. The van der Waals surface area contributed by atoms with Crippen LogP contribution in [0.5, 0.6) is 0 Å². The summed E-state index contributed by atoms with van der Waals surface area (Å²) < 4.78 is 7.48. The van der Waals surface area contributed by atoms with Crippen LogP contribution in [-0.4, -0.2) is 64.0 Å². The second-order valence-corrected chi connectivity index (χ2v) is 7.84. The number of nitrogen functional groups attached to an aromatic ring is 1. The van der Waals surface area contributed by atoms with Crippen molar-refractivity contribution in [1.29, 1.82) is 0 Å². The van der Waals surface area contributed by atoms with Gasteiger partial charge in [-0.1, -0.05) is 24.3 Å². The summed E-state index contributed by atoms with van der Waals surface area (Å²) in [7, 11) is 0. The minimum absolute atomic E-state index is 0.287. The van der Waals surface area contributed by atoms with Crippen molar-refractivity contribution >= 4 is 16.9 Å². The summed E-state index contributed by atoms with van der Waals surface area (Å²) in [6.07, 6.45) is 3.76. The van der Waals surface area contributed by atoms with Crippen molar-refractivity contribution in [3.05, 3.63) is 36.2 Å². The first-order valence-electron chi connectivity index (χ1n) is 10.4. The van der Waals surface area contributed by atoms with E-state index in [1.807, 2.05) is 4.68 Å². The van der Waals surface area contributed by atoms with Crippen LogP contribution < -0.4 is 11.1 Å². The van der Waals surface area contributed by atoms with Gasteiger partial charge in [0.1, 0.15) is 17.8 Å². The average Bonchev–Trinajstić information content (AvgIpc) is 3.17. The average molecular weight is 393 g/mol. The van der Waals surface area contributed by atoms with E-state index in [1.54, 1.807) is 0 Å². The van der Waals surface area contributed by atoms with Crippen LogP contribution in [0.3, 0.4) is 0 Å². The van der Waals surface area contributed by atoms with Crippen LogP contribution in [0.4, 0.5) is 5.82 Å². The van der Waals surface area contributed by atoms with Crippen LogP contribution in [0.25, 0.3) is 22.3 Å². The van der Waals surface area contributed by atoms with E-state index in [1.165, 1.54) is 11.9 Å². The Balaban J connectivity index is 1.47. The molecule has 4 heterocycles. The molecule has 1 aromatic carbocycles. The second-order valence-electron chi connectivity index (χ2n) is 7.84. The SMILES string of the molecule is Nc1ncnc2c1c(-c1ccc(CN3CCOCC3)cc1)nn2C1CCCNC1. The number of anilines is 1. The van der Waals surface area contributed by atoms with Crippen molar-refractivity contribution in [2.75, 3.05) is 45.1 Å². The van der Waals surface area contributed by atoms with Crippen molar-refractivity contribution < 1.29 is 4.74 Å². The first-order valence-corrected chi connectivity index (χ1v) is 10.4. The lowest BCUT2D eigenvalue weighted by Crippen LogP contribution is -2.35. The van der Waals surface area contributed by atoms with Crippen LogP contribution in [0.2, 0.25) is 0 Å². The number of aromatic nitrogens is 4. The van der Waals surface area contributed by atoms with Crippen molar-refractivity contribution in [3.63, 3.8) is 0 Å². The van der Waals surface area contributed by atoms with E-state index in [0.29, 0.717) is 5.82 Å². The summed E-state index contributed by atoms with van der Waals surface area (Å²) >= 11 is 0. The molecule has 0 radical (unpaired) electrons. The number of fused-ring (bicyclic) bond motifs is 1. The van der Waals surface area contributed by atoms with Gasteiger partial charge in [-0.3, -0.25) is 4.90 Å². The van der Waals surface area contributed by atoms with Crippen molar-refractivity contribution in [3.8, 4) is 11.3 Å². The molecular formula is C21H27N7O. The first-order chi connectivity index (χ1) is 14.3. The highest BCUT2D eigenvalue weighted by Crippen LogP contribution is 2.33. The van der Waals surface area contributed by atoms with Gasteiger partial charge in [-0.25, -0.2) is 14.6 Å². The third-order valence-electron chi connectivity index (χ3n) is 5.87. The third kappa shape index (κ3) is 3.71. The Kier molecular flexibility index (Phi) is 5.13. The lowest BCUT2D eigenvalue weighted by Gasteiger charge is -2.26. The monoisotopic (exact) mass is 393 g/mol. The van der Waals surface area contributed by atoms with Gasteiger partial charge in [0, 0.05) is 31.7 Å². The topological polar surface area (TPSA) is 94.1 Å². The molecule has 2 aromatic heterocycles. The summed E-state index contributed by atoms with van der Waals surface area (Å²) in [4.78, 5) is 11.2. The van der Waals surface area contributed by atoms with E-state index in [9.17, 15) is 0 Å². The van der Waals surface area contributed by atoms with Gasteiger partial charge in [-0.05, 0) is 24.9 Å². The maximum atomic E-state index is 6.25. The molecule has 3 N–H and O–H groups in total. The third-order valence-corrected chi connectivity index (χ3v) is 5.87. The molecule has 0 aliphatic carbocycles. The lowest BCUT2D eigenvalue weighted by molar-refractivity contribution is 0.0342. The normalized spacial score (nSPS) is 20.9. The van der Waals surface area contributed by atoms with E-state index in [4.69, 9.17) is 15.6 Å². The Hall–Kier alpha value is -2.55. The Morgan fingerprint density at radius 2 is 1.97 bits per heavy atom. The van der Waals surface area contributed by atoms with Crippen LogP contribution in [0, 0.1) is 0 Å². The number of piperidine rings is 1. The van der Waals surface area contributed by atoms with Gasteiger partial charge in [-0.2, -0.15) is 5.10 Å². The van der Waals surface area contributed by atoms with E-state index >= 15 is 0 Å². The van der Waals surface area contributed by atoms with Gasteiger partial charge < -0.3 is 15.8 Å². The minimum Gasteiger partial charge on any atom is -0.383 e. The molecule has 0 amide bonds. The van der Waals surface area contributed by atoms with Gasteiger partial charge in [0.15, 0.2) is 5.65 Å². The van der Waals surface area contributed by atoms with Crippen molar-refractivity contribution in [2.45, 2.75) is 25.4 Å². The molecule has 8 heteroatoms. The van der Waals surface area contributed by atoms with E-state index in [-0.39, 0.29) is 6.04 Å². The van der Waals surface area contributed by atoms with Gasteiger partial charge in [0.2, 0.25) is 0 Å². The van der Waals surface area contributed by atoms with E-state index in [2.05, 4.69) is 44.5 Å². The highest BCUT2D eigenvalue weighted by Gasteiger charge is 2.23. The molecule has 2 aliphatic heterocycles. The molecule has 5 rings (SSSR count). The Morgan fingerprint density at radius 1 is 1.14 bits per heavy atom. The largest absolute Gasteiger partial charge is 0.383 e. The molecule has 0 spiro atoms. The number of nitrogens with one attached hydrogen (secondary N) is 1. The Labute approximate surface area is 170 Å². The van der Waals surface area contributed by atoms with Crippen molar-refractivity contribution in [2.24, 2.45) is 0 Å². The molecule has 2 aliphatic rings. The van der Waals surface area contributed by atoms with E-state index < -0.39 is 0 Å². The lowest BCUT2D eigenvalue weighted by atomic mass is 10.1. The molecular weight excluding hydrogens is 366 g/mol. The maximum Gasteiger partial charge on any atom is 0.164 e. The maximum absolute atomic E-state index is 6.25. The summed E-state index contributed by atoms with van der Waals surface area (Å²) in [5.74, 6) is 0.484. The minimum atomic E-state index is 0.287. The van der Waals surface area contributed by atoms with Gasteiger partial charge in [-0.15, -0.1) is 0 Å². The zero-order chi connectivity index (χ0) is 19.6. The fourth-order valence-corrected chi connectivity index (χ4v) is 4.28. The number of morpholine rings is 1. The molecule has 0 bridgehead atoms. The number of nitrogens with zero attached hydrogens (tertiary/aromatic N) is 5. The van der Waals surface area contributed by atoms with Gasteiger partial charge in [0.05, 0.1) is 24.6 Å². The van der Waals surface area contributed by atoms with Crippen molar-refractivity contribution in [1.82, 2.24) is 30.0 Å². The molecule has 152 valence electrons. The van der Waals surface area contributed by atoms with Crippen LogP contribution >= 0.6 is 0 Å². The highest BCUT2D eigenvalue weighted by molar-refractivity contribution is 5.98. The number of ether oxygens (including phenoxy) is 1. The molecule has 2 saturated heterocycles. The second kappa shape index (κ2) is 8.06. The fraction of sp³-hybridized carbons (Fsp3) is 0.476. The smallest absolute Gasteiger partial charge is 0.164 e. The molecule has 29 heavy (non-hydrogen) atoms. The summed E-state index contributed by atoms with van der Waals surface area (Å²) in [6, 6.07) is 8.91. The number of benzene rings is 1. The summed E-state index contributed by atoms with van der Waals surface area (Å²) in [5, 5.41) is 9.26. The van der Waals surface area contributed by atoms with Crippen LogP contribution in [0.1, 0.15) is 24.4 Å². The molecule has 2 fully saturated rings. The molecule has 3 aromatic rings. The molecule has 8 nitrogen and oxygen atoms in total. The zero-order valence-electron chi connectivity index (χ0n) is 16.5. The standard InChI is InChI=1S/C21H27N7O/c22-20-18-19(16-5-3-15(4-6-16)13-27-8-10-29-11-9-27)26-28(21(18)25-14-24-20)17-2-1-7-23-12-17/h3-6,14,17,23H,1-2,7-13H2,(H2,22,24,25). The number of nitrogens with two attached hydrogens (primary N) is 1. The number of rotatable bonds is 4. The quantitative estimate of drug-likeness (QED) is 0.698.